The minimum Gasteiger partial charge on any atom is -0.504 e. The molecule has 0 fully saturated rings. The fourth-order valence-electron chi connectivity index (χ4n) is 1.53. The fourth-order valence-corrected chi connectivity index (χ4v) is 1.53. The monoisotopic (exact) mass is 238 g/mol. The number of rotatable bonds is 2. The minimum absolute atomic E-state index is 0.140. The summed E-state index contributed by atoms with van der Waals surface area (Å²) in [6, 6.07) is 2.83. The molecule has 0 aliphatic heterocycles. The Morgan fingerprint density at radius 1 is 1.47 bits per heavy atom. The van der Waals surface area contributed by atoms with Crippen molar-refractivity contribution in [1.29, 1.82) is 0 Å². The van der Waals surface area contributed by atoms with E-state index in [4.69, 9.17) is 15.0 Å². The van der Waals surface area contributed by atoms with Gasteiger partial charge in [-0.1, -0.05) is 5.16 Å². The third-order valence-corrected chi connectivity index (χ3v) is 2.38. The SMILES string of the molecule is COc1c(O)c(C)cc(-c2cc(N)no2)c1F. The van der Waals surface area contributed by atoms with Gasteiger partial charge in [0.25, 0.3) is 0 Å². The quantitative estimate of drug-likeness (QED) is 0.837. The van der Waals surface area contributed by atoms with Crippen molar-refractivity contribution < 1.29 is 18.8 Å². The summed E-state index contributed by atoms with van der Waals surface area (Å²) in [5, 5.41) is 13.1. The number of anilines is 1. The second-order valence-corrected chi connectivity index (χ2v) is 3.55. The van der Waals surface area contributed by atoms with E-state index in [-0.39, 0.29) is 28.6 Å². The molecule has 17 heavy (non-hydrogen) atoms. The number of phenolic OH excluding ortho intramolecular Hbond substituents is 1. The number of benzene rings is 1. The van der Waals surface area contributed by atoms with Crippen LogP contribution in [0.3, 0.4) is 0 Å². The Bertz CT molecular complexity index is 566. The van der Waals surface area contributed by atoms with E-state index in [1.807, 2.05) is 0 Å². The van der Waals surface area contributed by atoms with Crippen molar-refractivity contribution >= 4 is 5.82 Å². The van der Waals surface area contributed by atoms with Crippen molar-refractivity contribution in [2.45, 2.75) is 6.92 Å². The summed E-state index contributed by atoms with van der Waals surface area (Å²) < 4.78 is 23.7. The highest BCUT2D eigenvalue weighted by atomic mass is 19.1. The van der Waals surface area contributed by atoms with Crippen LogP contribution in [0.1, 0.15) is 5.56 Å². The van der Waals surface area contributed by atoms with Crippen molar-refractivity contribution in [2.24, 2.45) is 0 Å². The summed E-state index contributed by atoms with van der Waals surface area (Å²) in [5.41, 5.74) is 6.00. The van der Waals surface area contributed by atoms with Crippen LogP contribution in [0.4, 0.5) is 10.2 Å². The van der Waals surface area contributed by atoms with Crippen LogP contribution in [-0.2, 0) is 0 Å². The maximum atomic E-state index is 14.0. The zero-order chi connectivity index (χ0) is 12.6. The highest BCUT2D eigenvalue weighted by Crippen LogP contribution is 2.39. The van der Waals surface area contributed by atoms with E-state index in [0.29, 0.717) is 5.56 Å². The van der Waals surface area contributed by atoms with Gasteiger partial charge in [0.15, 0.2) is 28.9 Å². The first-order chi connectivity index (χ1) is 8.04. The second kappa shape index (κ2) is 3.97. The fraction of sp³-hybridized carbons (Fsp3) is 0.182. The van der Waals surface area contributed by atoms with Crippen LogP contribution in [-0.4, -0.2) is 17.4 Å². The Hall–Kier alpha value is -2.24. The van der Waals surface area contributed by atoms with Gasteiger partial charge in [0.2, 0.25) is 0 Å². The largest absolute Gasteiger partial charge is 0.504 e. The summed E-state index contributed by atoms with van der Waals surface area (Å²) in [6.45, 7) is 1.63. The molecule has 0 atom stereocenters. The number of aryl methyl sites for hydroxylation is 1. The molecule has 0 unspecified atom stereocenters. The minimum atomic E-state index is -0.716. The van der Waals surface area contributed by atoms with Crippen molar-refractivity contribution in [3.8, 4) is 22.8 Å². The maximum absolute atomic E-state index is 14.0. The zero-order valence-corrected chi connectivity index (χ0v) is 9.32. The molecule has 0 radical (unpaired) electrons. The molecule has 6 heteroatoms. The molecular weight excluding hydrogens is 227 g/mol. The molecule has 1 aromatic heterocycles. The van der Waals surface area contributed by atoms with E-state index >= 15 is 0 Å². The smallest absolute Gasteiger partial charge is 0.197 e. The lowest BCUT2D eigenvalue weighted by Gasteiger charge is -2.09. The Labute approximate surface area is 96.6 Å². The number of halogens is 1. The van der Waals surface area contributed by atoms with Gasteiger partial charge < -0.3 is 20.1 Å². The molecule has 90 valence electrons. The molecule has 0 saturated carbocycles. The van der Waals surface area contributed by atoms with Crippen LogP contribution < -0.4 is 10.5 Å². The van der Waals surface area contributed by atoms with Gasteiger partial charge in [0.1, 0.15) is 0 Å². The first-order valence-corrected chi connectivity index (χ1v) is 4.83. The van der Waals surface area contributed by atoms with Gasteiger partial charge in [0, 0.05) is 6.07 Å². The molecule has 2 aromatic rings. The maximum Gasteiger partial charge on any atom is 0.197 e. The number of hydrogen-bond acceptors (Lipinski definition) is 5. The van der Waals surface area contributed by atoms with Crippen molar-refractivity contribution in [3.05, 3.63) is 23.5 Å². The normalized spacial score (nSPS) is 10.5. The molecule has 0 saturated heterocycles. The van der Waals surface area contributed by atoms with Crippen LogP contribution in [0.25, 0.3) is 11.3 Å². The average molecular weight is 238 g/mol. The molecule has 1 aromatic carbocycles. The molecule has 0 amide bonds. The summed E-state index contributed by atoms with van der Waals surface area (Å²) in [5.74, 6) is -0.839. The van der Waals surface area contributed by atoms with Crippen molar-refractivity contribution in [2.75, 3.05) is 12.8 Å². The lowest BCUT2D eigenvalue weighted by molar-refractivity contribution is 0.349. The topological polar surface area (TPSA) is 81.5 Å². The van der Waals surface area contributed by atoms with E-state index in [0.717, 1.165) is 0 Å². The standard InChI is InChI=1S/C11H11FN2O3/c1-5-3-6(7-4-8(13)14-17-7)9(12)11(16-2)10(5)15/h3-4,15H,1-2H3,(H2,13,14). The third-order valence-electron chi connectivity index (χ3n) is 2.38. The predicted molar refractivity (Wildman–Crippen MR) is 59.3 cm³/mol. The summed E-state index contributed by atoms with van der Waals surface area (Å²) in [7, 11) is 1.27. The molecule has 5 nitrogen and oxygen atoms in total. The van der Waals surface area contributed by atoms with Gasteiger partial charge >= 0.3 is 0 Å². The number of aromatic hydroxyl groups is 1. The van der Waals surface area contributed by atoms with Crippen LogP contribution in [0.15, 0.2) is 16.7 Å². The third kappa shape index (κ3) is 1.77. The Kier molecular flexibility index (Phi) is 2.63. The Morgan fingerprint density at radius 2 is 2.18 bits per heavy atom. The molecule has 0 bridgehead atoms. The molecule has 2 rings (SSSR count). The van der Waals surface area contributed by atoms with Gasteiger partial charge in [-0.25, -0.2) is 4.39 Å². The van der Waals surface area contributed by atoms with E-state index in [9.17, 15) is 9.50 Å². The Balaban J connectivity index is 2.67. The predicted octanol–water partition coefficient (Wildman–Crippen LogP) is 2.09. The van der Waals surface area contributed by atoms with Crippen molar-refractivity contribution in [3.63, 3.8) is 0 Å². The number of phenols is 1. The Morgan fingerprint density at radius 3 is 2.71 bits per heavy atom. The lowest BCUT2D eigenvalue weighted by Crippen LogP contribution is -1.94. The summed E-state index contributed by atoms with van der Waals surface area (Å²) >= 11 is 0. The van der Waals surface area contributed by atoms with Crippen LogP contribution >= 0.6 is 0 Å². The number of nitrogens with two attached hydrogens (primary N) is 1. The second-order valence-electron chi connectivity index (χ2n) is 3.55. The zero-order valence-electron chi connectivity index (χ0n) is 9.32. The highest BCUT2D eigenvalue weighted by Gasteiger charge is 2.20. The van der Waals surface area contributed by atoms with Crippen LogP contribution in [0.2, 0.25) is 0 Å². The number of aromatic nitrogens is 1. The molecular formula is C11H11FN2O3. The number of ether oxygens (including phenoxy) is 1. The van der Waals surface area contributed by atoms with E-state index in [1.165, 1.54) is 19.2 Å². The number of methoxy groups -OCH3 is 1. The van der Waals surface area contributed by atoms with Gasteiger partial charge in [-0.15, -0.1) is 0 Å². The molecule has 0 spiro atoms. The number of nitrogens with zero attached hydrogens (tertiary/aromatic N) is 1. The molecule has 1 heterocycles. The first kappa shape index (κ1) is 11.3. The first-order valence-electron chi connectivity index (χ1n) is 4.83. The average Bonchev–Trinajstić information content (AvgIpc) is 2.71. The highest BCUT2D eigenvalue weighted by molar-refractivity contribution is 5.67. The van der Waals surface area contributed by atoms with Gasteiger partial charge in [-0.2, -0.15) is 0 Å². The van der Waals surface area contributed by atoms with E-state index < -0.39 is 5.82 Å². The van der Waals surface area contributed by atoms with E-state index in [2.05, 4.69) is 5.16 Å². The summed E-state index contributed by atoms with van der Waals surface area (Å²) in [6.07, 6.45) is 0. The number of hydrogen-bond donors (Lipinski definition) is 2. The van der Waals surface area contributed by atoms with Gasteiger partial charge in [-0.3, -0.25) is 0 Å². The number of nitrogen functional groups attached to an aromatic ring is 1. The summed E-state index contributed by atoms with van der Waals surface area (Å²) in [4.78, 5) is 0. The molecule has 0 aliphatic carbocycles. The van der Waals surface area contributed by atoms with Gasteiger partial charge in [0.05, 0.1) is 12.7 Å². The van der Waals surface area contributed by atoms with E-state index in [1.54, 1.807) is 6.92 Å². The molecule has 0 aliphatic rings. The lowest BCUT2D eigenvalue weighted by atomic mass is 10.1. The van der Waals surface area contributed by atoms with Crippen LogP contribution in [0.5, 0.6) is 11.5 Å². The molecule has 3 N–H and O–H groups in total. The van der Waals surface area contributed by atoms with Crippen molar-refractivity contribution in [1.82, 2.24) is 5.16 Å². The van der Waals surface area contributed by atoms with Gasteiger partial charge in [-0.05, 0) is 18.6 Å². The van der Waals surface area contributed by atoms with Crippen LogP contribution in [0, 0.1) is 12.7 Å².